The zero-order chi connectivity index (χ0) is 27.2. The number of methoxy groups -OCH3 is 1. The molecule has 198 valence electrons. The Morgan fingerprint density at radius 2 is 1.86 bits per heavy atom. The van der Waals surface area contributed by atoms with Crippen molar-refractivity contribution in [2.45, 2.75) is 45.3 Å². The number of benzene rings is 2. The normalized spacial score (nSPS) is 12.2. The van der Waals surface area contributed by atoms with Crippen molar-refractivity contribution in [3.63, 3.8) is 0 Å². The molecule has 1 aromatic heterocycles. The van der Waals surface area contributed by atoms with Crippen LogP contribution in [0.1, 0.15) is 17.0 Å². The minimum Gasteiger partial charge on any atom is -0.468 e. The highest BCUT2D eigenvalue weighted by atomic mass is 28.3. The number of nitro groups is 1. The van der Waals surface area contributed by atoms with Crippen LogP contribution in [0.15, 0.2) is 42.6 Å². The average Bonchev–Trinajstić information content (AvgIpc) is 3.25. The number of aryl methyl sites for hydroxylation is 1. The van der Waals surface area contributed by atoms with Gasteiger partial charge in [-0.05, 0) is 42.3 Å². The Morgan fingerprint density at radius 3 is 2.49 bits per heavy atom. The van der Waals surface area contributed by atoms with Crippen LogP contribution in [0.3, 0.4) is 0 Å². The Labute approximate surface area is 215 Å². The van der Waals surface area contributed by atoms with Gasteiger partial charge in [0.2, 0.25) is 0 Å². The van der Waals surface area contributed by atoms with Crippen LogP contribution in [0.25, 0.3) is 10.9 Å². The number of hydrogen-bond donors (Lipinski definition) is 0. The van der Waals surface area contributed by atoms with Gasteiger partial charge in [0.05, 0.1) is 17.5 Å². The lowest BCUT2D eigenvalue weighted by molar-refractivity contribution is -0.384. The minimum absolute atomic E-state index is 0.0713. The number of esters is 1. The number of hydrogen-bond acceptors (Lipinski definition) is 9. The van der Waals surface area contributed by atoms with E-state index in [-0.39, 0.29) is 18.0 Å². The highest BCUT2D eigenvalue weighted by molar-refractivity contribution is 6.76. The highest BCUT2D eigenvalue weighted by Gasteiger charge is 2.25. The van der Waals surface area contributed by atoms with E-state index in [1.807, 2.05) is 13.1 Å². The van der Waals surface area contributed by atoms with Crippen LogP contribution >= 0.6 is 0 Å². The number of carbonyl (C=O) groups excluding carboxylic acids is 2. The third-order valence-electron chi connectivity index (χ3n) is 5.59. The molecule has 0 radical (unpaired) electrons. The standard InChI is InChI=1S/C25H31N3O8Si/c1-17-12-18(13-19-14-27(26-23(17)19)16-34-10-11-37(3,4)5)22(24(29)33-2)15-35-25(30)36-21-8-6-20(7-9-21)28(31)32/h6-9,12-14,22H,10-11,15-16H2,1-5H3. The predicted molar refractivity (Wildman–Crippen MR) is 138 cm³/mol. The second kappa shape index (κ2) is 12.0. The Kier molecular flexibility index (Phi) is 9.00. The highest BCUT2D eigenvalue weighted by Crippen LogP contribution is 2.26. The smallest absolute Gasteiger partial charge is 0.468 e. The first kappa shape index (κ1) is 27.8. The van der Waals surface area contributed by atoms with E-state index >= 15 is 0 Å². The average molecular weight is 530 g/mol. The van der Waals surface area contributed by atoms with Gasteiger partial charge in [-0.1, -0.05) is 25.7 Å². The van der Waals surface area contributed by atoms with Crippen molar-refractivity contribution in [3.05, 3.63) is 63.8 Å². The molecule has 1 unspecified atom stereocenters. The molecule has 0 aliphatic rings. The molecule has 1 atom stereocenters. The molecule has 37 heavy (non-hydrogen) atoms. The molecule has 0 saturated carbocycles. The van der Waals surface area contributed by atoms with Gasteiger partial charge in [0.1, 0.15) is 25.0 Å². The van der Waals surface area contributed by atoms with Crippen LogP contribution < -0.4 is 4.74 Å². The number of ether oxygens (including phenoxy) is 4. The zero-order valence-corrected chi connectivity index (χ0v) is 22.6. The lowest BCUT2D eigenvalue weighted by Crippen LogP contribution is -2.23. The van der Waals surface area contributed by atoms with E-state index < -0.39 is 31.0 Å². The summed E-state index contributed by atoms with van der Waals surface area (Å²) in [7, 11) is 0.0725. The third-order valence-corrected chi connectivity index (χ3v) is 7.30. The van der Waals surface area contributed by atoms with E-state index in [1.165, 1.54) is 31.4 Å². The fraction of sp³-hybridized carbons (Fsp3) is 0.400. The van der Waals surface area contributed by atoms with Crippen molar-refractivity contribution < 1.29 is 33.5 Å². The van der Waals surface area contributed by atoms with Gasteiger partial charge in [0, 0.05) is 38.4 Å². The molecule has 3 aromatic rings. The van der Waals surface area contributed by atoms with E-state index in [0.717, 1.165) is 22.5 Å². The van der Waals surface area contributed by atoms with Gasteiger partial charge in [0.15, 0.2) is 0 Å². The summed E-state index contributed by atoms with van der Waals surface area (Å²) in [5.41, 5.74) is 2.08. The molecule has 0 spiro atoms. The summed E-state index contributed by atoms with van der Waals surface area (Å²) >= 11 is 0. The molecule has 3 rings (SSSR count). The topological polar surface area (TPSA) is 132 Å². The molecule has 11 nitrogen and oxygen atoms in total. The lowest BCUT2D eigenvalue weighted by Gasteiger charge is -2.16. The van der Waals surface area contributed by atoms with Crippen molar-refractivity contribution in [1.82, 2.24) is 9.78 Å². The van der Waals surface area contributed by atoms with Crippen LogP contribution in [0, 0.1) is 17.0 Å². The van der Waals surface area contributed by atoms with Gasteiger partial charge in [-0.15, -0.1) is 0 Å². The maximum absolute atomic E-state index is 12.5. The number of aromatic nitrogens is 2. The summed E-state index contributed by atoms with van der Waals surface area (Å²) in [6.07, 6.45) is 0.794. The predicted octanol–water partition coefficient (Wildman–Crippen LogP) is 5.04. The number of nitrogens with zero attached hydrogens (tertiary/aromatic N) is 3. The summed E-state index contributed by atoms with van der Waals surface area (Å²) in [5.74, 6) is -1.40. The summed E-state index contributed by atoms with van der Waals surface area (Å²) in [6, 6.07) is 9.63. The maximum Gasteiger partial charge on any atom is 0.513 e. The fourth-order valence-electron chi connectivity index (χ4n) is 3.55. The molecule has 0 amide bonds. The summed E-state index contributed by atoms with van der Waals surface area (Å²) in [4.78, 5) is 34.9. The van der Waals surface area contributed by atoms with Gasteiger partial charge >= 0.3 is 12.1 Å². The van der Waals surface area contributed by atoms with Crippen molar-refractivity contribution in [2.24, 2.45) is 0 Å². The molecule has 2 aromatic carbocycles. The maximum atomic E-state index is 12.5. The van der Waals surface area contributed by atoms with E-state index in [0.29, 0.717) is 18.9 Å². The molecule has 1 heterocycles. The molecule has 12 heteroatoms. The molecular formula is C25H31N3O8Si. The number of fused-ring (bicyclic) bond motifs is 1. The third kappa shape index (κ3) is 7.85. The Morgan fingerprint density at radius 1 is 1.16 bits per heavy atom. The second-order valence-corrected chi connectivity index (χ2v) is 15.4. The van der Waals surface area contributed by atoms with Crippen LogP contribution in [-0.4, -0.2) is 55.2 Å². The molecular weight excluding hydrogens is 498 g/mol. The van der Waals surface area contributed by atoms with Crippen LogP contribution in [-0.2, 0) is 25.7 Å². The molecule has 0 N–H and O–H groups in total. The Hall–Kier alpha value is -3.77. The van der Waals surface area contributed by atoms with Crippen LogP contribution in [0.2, 0.25) is 25.7 Å². The monoisotopic (exact) mass is 529 g/mol. The van der Waals surface area contributed by atoms with Crippen molar-refractivity contribution in [1.29, 1.82) is 0 Å². The van der Waals surface area contributed by atoms with Gasteiger partial charge in [-0.2, -0.15) is 5.10 Å². The first-order chi connectivity index (χ1) is 17.5. The lowest BCUT2D eigenvalue weighted by atomic mass is 9.96. The summed E-state index contributed by atoms with van der Waals surface area (Å²) < 4.78 is 22.7. The Bertz CT molecular complexity index is 1270. The molecule has 0 aliphatic carbocycles. The molecule has 0 saturated heterocycles. The van der Waals surface area contributed by atoms with Gasteiger partial charge in [-0.25, -0.2) is 9.48 Å². The van der Waals surface area contributed by atoms with E-state index in [1.54, 1.807) is 16.8 Å². The summed E-state index contributed by atoms with van der Waals surface area (Å²) in [5, 5.41) is 16.2. The second-order valence-electron chi connectivity index (χ2n) is 9.78. The van der Waals surface area contributed by atoms with Crippen LogP contribution in [0.5, 0.6) is 5.75 Å². The minimum atomic E-state index is -1.18. The largest absolute Gasteiger partial charge is 0.513 e. The zero-order valence-electron chi connectivity index (χ0n) is 21.6. The first-order valence-electron chi connectivity index (χ1n) is 11.7. The Balaban J connectivity index is 1.69. The van der Waals surface area contributed by atoms with Crippen molar-refractivity contribution in [3.8, 4) is 5.75 Å². The van der Waals surface area contributed by atoms with Gasteiger partial charge in [0.25, 0.3) is 5.69 Å². The summed E-state index contributed by atoms with van der Waals surface area (Å²) in [6.45, 7) is 9.44. The van der Waals surface area contributed by atoms with E-state index in [4.69, 9.17) is 18.9 Å². The molecule has 0 bridgehead atoms. The van der Waals surface area contributed by atoms with Crippen LogP contribution in [0.4, 0.5) is 10.5 Å². The number of carbonyl (C=O) groups is 2. The SMILES string of the molecule is COC(=O)C(COC(=O)Oc1ccc([N+](=O)[O-])cc1)c1cc(C)c2nn(COCC[Si](C)(C)C)cc2c1. The molecule has 0 aliphatic heterocycles. The fourth-order valence-corrected chi connectivity index (χ4v) is 4.30. The first-order valence-corrected chi connectivity index (χ1v) is 15.4. The van der Waals surface area contributed by atoms with Gasteiger partial charge < -0.3 is 18.9 Å². The van der Waals surface area contributed by atoms with Crippen molar-refractivity contribution in [2.75, 3.05) is 20.3 Å². The quantitative estimate of drug-likeness (QED) is 0.0837. The van der Waals surface area contributed by atoms with Gasteiger partial charge in [-0.3, -0.25) is 14.9 Å². The number of non-ortho nitro benzene ring substituents is 1. The number of rotatable bonds is 11. The number of nitro benzene ring substituents is 1. The van der Waals surface area contributed by atoms with E-state index in [9.17, 15) is 19.7 Å². The molecule has 0 fully saturated rings. The van der Waals surface area contributed by atoms with Crippen molar-refractivity contribution >= 4 is 36.8 Å². The van der Waals surface area contributed by atoms with E-state index in [2.05, 4.69) is 24.7 Å².